The first-order chi connectivity index (χ1) is 14.7. The maximum atomic E-state index is 13.4. The van der Waals surface area contributed by atoms with Crippen LogP contribution in [0.4, 0.5) is 11.4 Å². The number of aryl methyl sites for hydroxylation is 2. The molecule has 2 aromatic carbocycles. The molecule has 7 nitrogen and oxygen atoms in total. The first-order valence-corrected chi connectivity index (χ1v) is 13.7. The molecule has 0 N–H and O–H groups in total. The van der Waals surface area contributed by atoms with Gasteiger partial charge in [-0.2, -0.15) is 4.31 Å². The van der Waals surface area contributed by atoms with Crippen molar-refractivity contribution in [3.05, 3.63) is 53.6 Å². The fourth-order valence-corrected chi connectivity index (χ4v) is 7.75. The summed E-state index contributed by atoms with van der Waals surface area (Å²) in [6, 6.07) is 13.3. The number of piperazine rings is 1. The van der Waals surface area contributed by atoms with Crippen molar-refractivity contribution in [1.29, 1.82) is 0 Å². The van der Waals surface area contributed by atoms with E-state index in [4.69, 9.17) is 0 Å². The van der Waals surface area contributed by atoms with Crippen LogP contribution in [0.3, 0.4) is 0 Å². The van der Waals surface area contributed by atoms with Crippen LogP contribution in [0.5, 0.6) is 0 Å². The second kappa shape index (κ2) is 8.44. The average molecular weight is 464 g/mol. The third-order valence-corrected chi connectivity index (χ3v) is 9.99. The summed E-state index contributed by atoms with van der Waals surface area (Å²) >= 11 is 0. The Kier molecular flexibility index (Phi) is 6.02. The highest BCUT2D eigenvalue weighted by Crippen LogP contribution is 2.32. The smallest absolute Gasteiger partial charge is 0.243 e. The van der Waals surface area contributed by atoms with Crippen LogP contribution in [0.2, 0.25) is 0 Å². The predicted molar refractivity (Wildman–Crippen MR) is 124 cm³/mol. The molecule has 0 radical (unpaired) electrons. The summed E-state index contributed by atoms with van der Waals surface area (Å²) < 4.78 is 54.8. The second-order valence-corrected chi connectivity index (χ2v) is 12.1. The zero-order valence-electron chi connectivity index (χ0n) is 18.0. The lowest BCUT2D eigenvalue weighted by Crippen LogP contribution is -2.48. The fraction of sp³-hybridized carbons (Fsp3) is 0.455. The number of sulfonamides is 2. The Hall–Kier alpha value is -2.10. The highest BCUT2D eigenvalue weighted by Gasteiger charge is 2.32. The number of hydrogen-bond donors (Lipinski definition) is 0. The van der Waals surface area contributed by atoms with Crippen LogP contribution in [0, 0.1) is 13.8 Å². The minimum atomic E-state index is -3.66. The normalized spacial score (nSPS) is 20.1. The Labute approximate surface area is 185 Å². The molecule has 0 unspecified atom stereocenters. The maximum absolute atomic E-state index is 13.4. The first kappa shape index (κ1) is 22.1. The van der Waals surface area contributed by atoms with E-state index < -0.39 is 20.0 Å². The van der Waals surface area contributed by atoms with Crippen molar-refractivity contribution in [3.63, 3.8) is 0 Å². The molecule has 2 fully saturated rings. The molecule has 9 heteroatoms. The lowest BCUT2D eigenvalue weighted by molar-refractivity contribution is 0.384. The molecule has 31 heavy (non-hydrogen) atoms. The van der Waals surface area contributed by atoms with Gasteiger partial charge in [0.05, 0.1) is 16.3 Å². The Morgan fingerprint density at radius 1 is 0.839 bits per heavy atom. The van der Waals surface area contributed by atoms with Gasteiger partial charge in [0.25, 0.3) is 0 Å². The van der Waals surface area contributed by atoms with Gasteiger partial charge in [0.2, 0.25) is 20.0 Å². The molecule has 0 aliphatic carbocycles. The number of rotatable bonds is 4. The summed E-state index contributed by atoms with van der Waals surface area (Å²) in [4.78, 5) is 2.45. The molecule has 0 amide bonds. The van der Waals surface area contributed by atoms with Crippen molar-refractivity contribution < 1.29 is 16.8 Å². The molecule has 0 aromatic heterocycles. The van der Waals surface area contributed by atoms with Gasteiger partial charge in [0, 0.05) is 38.4 Å². The van der Waals surface area contributed by atoms with Gasteiger partial charge in [-0.15, -0.1) is 0 Å². The summed E-state index contributed by atoms with van der Waals surface area (Å²) in [5.74, 6) is 0.136. The molecule has 0 spiro atoms. The zero-order valence-corrected chi connectivity index (χ0v) is 19.6. The van der Waals surface area contributed by atoms with E-state index in [0.717, 1.165) is 12.1 Å². The van der Waals surface area contributed by atoms with E-state index in [1.54, 1.807) is 26.0 Å². The molecule has 168 valence electrons. The number of nitrogens with zero attached hydrogens (tertiary/aromatic N) is 3. The van der Waals surface area contributed by atoms with Crippen molar-refractivity contribution >= 4 is 31.4 Å². The van der Waals surface area contributed by atoms with Crippen LogP contribution >= 0.6 is 0 Å². The number of hydrogen-bond acceptors (Lipinski definition) is 5. The van der Waals surface area contributed by atoms with Gasteiger partial charge >= 0.3 is 0 Å². The Balaban J connectivity index is 1.57. The van der Waals surface area contributed by atoms with Crippen LogP contribution in [-0.2, 0) is 20.0 Å². The van der Waals surface area contributed by atoms with Gasteiger partial charge in [-0.25, -0.2) is 16.8 Å². The van der Waals surface area contributed by atoms with Gasteiger partial charge < -0.3 is 4.90 Å². The maximum Gasteiger partial charge on any atom is 0.243 e. The van der Waals surface area contributed by atoms with Gasteiger partial charge in [-0.3, -0.25) is 4.31 Å². The predicted octanol–water partition coefficient (Wildman–Crippen LogP) is 2.74. The number of benzene rings is 2. The Bertz CT molecular complexity index is 1160. The first-order valence-electron chi connectivity index (χ1n) is 10.6. The second-order valence-electron chi connectivity index (χ2n) is 8.23. The van der Waals surface area contributed by atoms with Crippen LogP contribution in [-0.4, -0.2) is 59.6 Å². The van der Waals surface area contributed by atoms with Crippen LogP contribution in [0.1, 0.15) is 24.0 Å². The molecular weight excluding hydrogens is 434 g/mol. The molecule has 2 aliphatic rings. The fourth-order valence-electron chi connectivity index (χ4n) is 4.35. The van der Waals surface area contributed by atoms with Gasteiger partial charge in [-0.1, -0.05) is 18.2 Å². The van der Waals surface area contributed by atoms with Gasteiger partial charge in [-0.05, 0) is 62.1 Å². The molecule has 0 bridgehead atoms. The molecule has 2 heterocycles. The highest BCUT2D eigenvalue weighted by molar-refractivity contribution is 7.92. The summed E-state index contributed by atoms with van der Waals surface area (Å²) in [7, 11) is -7.01. The average Bonchev–Trinajstić information content (AvgIpc) is 2.75. The quantitative estimate of drug-likeness (QED) is 0.697. The van der Waals surface area contributed by atoms with Gasteiger partial charge in [0.15, 0.2) is 0 Å². The molecular formula is C22H29N3O4S2. The summed E-state index contributed by atoms with van der Waals surface area (Å²) in [5, 5.41) is 0. The number of para-hydroxylation sites is 1. The van der Waals surface area contributed by atoms with Crippen LogP contribution < -0.4 is 9.21 Å². The Morgan fingerprint density at radius 3 is 2.16 bits per heavy atom. The zero-order chi connectivity index (χ0) is 22.2. The molecule has 4 rings (SSSR count). The molecule has 2 aromatic rings. The highest BCUT2D eigenvalue weighted by atomic mass is 32.2. The van der Waals surface area contributed by atoms with Crippen molar-refractivity contribution in [2.24, 2.45) is 0 Å². The monoisotopic (exact) mass is 463 g/mol. The summed E-state index contributed by atoms with van der Waals surface area (Å²) in [5.41, 5.74) is 2.92. The van der Waals surface area contributed by atoms with Crippen LogP contribution in [0.15, 0.2) is 47.4 Å². The molecule has 2 aliphatic heterocycles. The van der Waals surface area contributed by atoms with E-state index in [2.05, 4.69) is 4.90 Å². The van der Waals surface area contributed by atoms with Crippen molar-refractivity contribution in [2.45, 2.75) is 31.6 Å². The van der Waals surface area contributed by atoms with Crippen molar-refractivity contribution in [3.8, 4) is 0 Å². The standard InChI is InChI=1S/C22H29N3O4S2/c1-18-17-22(19(2)16-21(18)25-10-6-7-15-30(25,26)27)31(28,29)24-13-11-23(12-14-24)20-8-4-3-5-9-20/h3-5,8-9,16-17H,6-7,10-15H2,1-2H3. The minimum Gasteiger partial charge on any atom is -0.369 e. The van der Waals surface area contributed by atoms with E-state index in [-0.39, 0.29) is 10.6 Å². The van der Waals surface area contributed by atoms with E-state index in [0.29, 0.717) is 56.0 Å². The molecule has 0 atom stereocenters. The largest absolute Gasteiger partial charge is 0.369 e. The van der Waals surface area contributed by atoms with Crippen molar-refractivity contribution in [2.75, 3.05) is 47.7 Å². The summed E-state index contributed by atoms with van der Waals surface area (Å²) in [6.45, 7) is 6.06. The van der Waals surface area contributed by atoms with E-state index >= 15 is 0 Å². The number of anilines is 2. The van der Waals surface area contributed by atoms with Crippen LogP contribution in [0.25, 0.3) is 0 Å². The SMILES string of the molecule is Cc1cc(S(=O)(=O)N2CCN(c3ccccc3)CC2)c(C)cc1N1CCCCS1(=O)=O. The van der Waals surface area contributed by atoms with Gasteiger partial charge in [0.1, 0.15) is 0 Å². The third kappa shape index (κ3) is 4.31. The third-order valence-electron chi connectivity index (χ3n) is 6.09. The van der Waals surface area contributed by atoms with Crippen molar-refractivity contribution in [1.82, 2.24) is 4.31 Å². The van der Waals surface area contributed by atoms with E-state index in [1.165, 1.54) is 8.61 Å². The lowest BCUT2D eigenvalue weighted by atomic mass is 10.1. The summed E-state index contributed by atoms with van der Waals surface area (Å²) in [6.07, 6.45) is 1.47. The lowest BCUT2D eigenvalue weighted by Gasteiger charge is -2.36. The molecule has 0 saturated carbocycles. The van der Waals surface area contributed by atoms with E-state index in [1.807, 2.05) is 30.3 Å². The minimum absolute atomic E-state index is 0.136. The van der Waals surface area contributed by atoms with E-state index in [9.17, 15) is 16.8 Å². The molecule has 2 saturated heterocycles. The Morgan fingerprint density at radius 2 is 1.52 bits per heavy atom. The topological polar surface area (TPSA) is 78.0 Å².